The number of carbonyl (C=O) groups excluding carboxylic acids is 2. The second-order valence-electron chi connectivity index (χ2n) is 7.05. The molecule has 23 heavy (non-hydrogen) atoms. The topological polar surface area (TPSA) is 70.0 Å². The Kier molecular flexibility index (Phi) is 2.33. The largest absolute Gasteiger partial charge is 0.508 e. The quantitative estimate of drug-likeness (QED) is 0.515. The van der Waals surface area contributed by atoms with E-state index in [-0.39, 0.29) is 46.7 Å². The third kappa shape index (κ3) is 1.54. The van der Waals surface area contributed by atoms with Crippen molar-refractivity contribution in [1.82, 2.24) is 5.01 Å². The minimum Gasteiger partial charge on any atom is -0.508 e. The first-order valence-corrected chi connectivity index (χ1v) is 8.01. The van der Waals surface area contributed by atoms with Crippen LogP contribution in [0.15, 0.2) is 41.5 Å². The van der Waals surface area contributed by atoms with Crippen LogP contribution in [-0.4, -0.2) is 28.1 Å². The van der Waals surface area contributed by atoms with E-state index in [0.29, 0.717) is 0 Å². The smallest absolute Gasteiger partial charge is 0.254 e. The highest BCUT2D eigenvalue weighted by molar-refractivity contribution is 6.07. The third-order valence-corrected chi connectivity index (χ3v) is 6.04. The molecule has 5 heteroatoms. The van der Waals surface area contributed by atoms with Gasteiger partial charge in [0.05, 0.1) is 18.1 Å². The Hall–Kier alpha value is -2.43. The third-order valence-electron chi connectivity index (χ3n) is 6.04. The van der Waals surface area contributed by atoms with Crippen molar-refractivity contribution in [1.29, 1.82) is 0 Å². The van der Waals surface area contributed by atoms with Crippen LogP contribution in [0.5, 0.6) is 5.75 Å². The van der Waals surface area contributed by atoms with Crippen LogP contribution < -0.4 is 0 Å². The van der Waals surface area contributed by atoms with Crippen molar-refractivity contribution in [3.8, 4) is 5.75 Å². The fourth-order valence-corrected chi connectivity index (χ4v) is 4.86. The lowest BCUT2D eigenvalue weighted by Gasteiger charge is -2.18. The summed E-state index contributed by atoms with van der Waals surface area (Å²) in [5.41, 5.74) is 0.952. The number of nitrogens with zero attached hydrogens (tertiary/aromatic N) is 2. The van der Waals surface area contributed by atoms with Gasteiger partial charge in [-0.3, -0.25) is 9.59 Å². The van der Waals surface area contributed by atoms with E-state index in [4.69, 9.17) is 0 Å². The van der Waals surface area contributed by atoms with Gasteiger partial charge in [-0.2, -0.15) is 10.1 Å². The van der Waals surface area contributed by atoms with Crippen molar-refractivity contribution >= 4 is 18.0 Å². The van der Waals surface area contributed by atoms with Gasteiger partial charge >= 0.3 is 0 Å². The van der Waals surface area contributed by atoms with Crippen LogP contribution in [0.3, 0.4) is 0 Å². The summed E-state index contributed by atoms with van der Waals surface area (Å²) in [4.78, 5) is 25.4. The van der Waals surface area contributed by atoms with Crippen LogP contribution in [0.25, 0.3) is 0 Å². The number of carbonyl (C=O) groups is 2. The summed E-state index contributed by atoms with van der Waals surface area (Å²) >= 11 is 0. The Morgan fingerprint density at radius 2 is 1.61 bits per heavy atom. The van der Waals surface area contributed by atoms with Crippen LogP contribution in [0.2, 0.25) is 0 Å². The minimum absolute atomic E-state index is 0.154. The highest BCUT2D eigenvalue weighted by Crippen LogP contribution is 2.73. The molecular weight excluding hydrogens is 292 g/mol. The highest BCUT2D eigenvalue weighted by atomic mass is 16.3. The second-order valence-corrected chi connectivity index (χ2v) is 7.05. The number of phenols is 1. The Morgan fingerprint density at radius 1 is 1.04 bits per heavy atom. The van der Waals surface area contributed by atoms with Crippen molar-refractivity contribution in [3.63, 3.8) is 0 Å². The number of hydrazone groups is 1. The molecule has 0 radical (unpaired) electrons. The van der Waals surface area contributed by atoms with Gasteiger partial charge in [0.1, 0.15) is 5.75 Å². The Labute approximate surface area is 133 Å². The van der Waals surface area contributed by atoms with Crippen LogP contribution in [-0.2, 0) is 9.59 Å². The molecule has 2 amide bonds. The molecule has 1 heterocycles. The molecule has 5 rings (SSSR count). The highest BCUT2D eigenvalue weighted by Gasteiger charge is 2.73. The first kappa shape index (κ1) is 13.0. The normalized spacial score (nSPS) is 35.7. The maximum Gasteiger partial charge on any atom is 0.254 e. The number of hydrogen-bond acceptors (Lipinski definition) is 4. The summed E-state index contributed by atoms with van der Waals surface area (Å²) in [5.74, 6) is -0.113. The monoisotopic (exact) mass is 308 g/mol. The average Bonchev–Trinajstić information content (AvgIpc) is 3.15. The van der Waals surface area contributed by atoms with Crippen LogP contribution >= 0.6 is 0 Å². The minimum atomic E-state index is -0.211. The van der Waals surface area contributed by atoms with E-state index in [2.05, 4.69) is 17.3 Å². The molecular formula is C18H16N2O3. The Balaban J connectivity index is 1.43. The number of phenolic OH excluding ortho intramolecular Hbond substituents is 1. The first-order valence-electron chi connectivity index (χ1n) is 8.01. The van der Waals surface area contributed by atoms with Crippen molar-refractivity contribution in [2.24, 2.45) is 34.2 Å². The number of hydrogen-bond donors (Lipinski definition) is 1. The molecule has 0 aromatic heterocycles. The standard InChI is InChI=1S/C18H16N2O3/c21-11-3-1-10(2-4-11)9-19-20-16(22)14-12-5-6-13(15(14)17(20)23)18(12)7-8-18/h1-6,9,12-15,21H,7-8H2/b19-9-/t12-,13-,14+,15+/m1/s1. The summed E-state index contributed by atoms with van der Waals surface area (Å²) in [6.45, 7) is 0. The Bertz CT molecular complexity index is 742. The van der Waals surface area contributed by atoms with Gasteiger partial charge in [-0.1, -0.05) is 12.2 Å². The zero-order chi connectivity index (χ0) is 15.8. The predicted molar refractivity (Wildman–Crippen MR) is 82.3 cm³/mol. The lowest BCUT2D eigenvalue weighted by atomic mass is 9.85. The van der Waals surface area contributed by atoms with E-state index in [9.17, 15) is 14.7 Å². The SMILES string of the molecule is O=C1[C@@H]2[C@@H](C(=O)N1/N=C\c1ccc(O)cc1)[C@H]1C=C[C@H]2C12CC2. The molecule has 4 aliphatic rings. The Morgan fingerprint density at radius 3 is 2.13 bits per heavy atom. The maximum absolute atomic E-state index is 12.7. The molecule has 1 saturated heterocycles. The predicted octanol–water partition coefficient (Wildman–Crippen LogP) is 1.92. The molecule has 1 N–H and O–H groups in total. The molecule has 1 aromatic rings. The number of benzene rings is 1. The lowest BCUT2D eigenvalue weighted by Crippen LogP contribution is -2.30. The van der Waals surface area contributed by atoms with E-state index >= 15 is 0 Å². The van der Waals surface area contributed by atoms with E-state index in [1.165, 1.54) is 6.21 Å². The van der Waals surface area contributed by atoms with Crippen molar-refractivity contribution < 1.29 is 14.7 Å². The van der Waals surface area contributed by atoms with Gasteiger partial charge in [0.2, 0.25) is 0 Å². The second kappa shape index (κ2) is 4.10. The van der Waals surface area contributed by atoms with E-state index in [1.54, 1.807) is 24.3 Å². The van der Waals surface area contributed by atoms with Gasteiger partial charge < -0.3 is 5.11 Å². The lowest BCUT2D eigenvalue weighted by molar-refractivity contribution is -0.141. The van der Waals surface area contributed by atoms with E-state index in [1.807, 2.05) is 0 Å². The fraction of sp³-hybridized carbons (Fsp3) is 0.389. The number of allylic oxidation sites excluding steroid dienone is 2. The first-order chi connectivity index (χ1) is 11.1. The zero-order valence-electron chi connectivity index (χ0n) is 12.4. The molecule has 3 aliphatic carbocycles. The zero-order valence-corrected chi connectivity index (χ0v) is 12.4. The number of imide groups is 1. The molecule has 2 bridgehead atoms. The van der Waals surface area contributed by atoms with E-state index < -0.39 is 0 Å². The van der Waals surface area contributed by atoms with Gasteiger partial charge in [0.15, 0.2) is 0 Å². The van der Waals surface area contributed by atoms with Gasteiger partial charge in [-0.05, 0) is 59.9 Å². The van der Waals surface area contributed by atoms with Gasteiger partial charge in [-0.15, -0.1) is 0 Å². The molecule has 116 valence electrons. The fourth-order valence-electron chi connectivity index (χ4n) is 4.86. The van der Waals surface area contributed by atoms with Crippen molar-refractivity contribution in [2.45, 2.75) is 12.8 Å². The van der Waals surface area contributed by atoms with Gasteiger partial charge in [0, 0.05) is 0 Å². The summed E-state index contributed by atoms with van der Waals surface area (Å²) in [5, 5.41) is 14.5. The van der Waals surface area contributed by atoms with Crippen LogP contribution in [0.4, 0.5) is 0 Å². The molecule has 1 aliphatic heterocycles. The van der Waals surface area contributed by atoms with Gasteiger partial charge in [-0.25, -0.2) is 0 Å². The number of amides is 2. The molecule has 4 atom stereocenters. The van der Waals surface area contributed by atoms with Gasteiger partial charge in [0.25, 0.3) is 11.8 Å². The van der Waals surface area contributed by atoms with Crippen molar-refractivity contribution in [3.05, 3.63) is 42.0 Å². The maximum atomic E-state index is 12.7. The van der Waals surface area contributed by atoms with E-state index in [0.717, 1.165) is 23.4 Å². The van der Waals surface area contributed by atoms with Crippen molar-refractivity contribution in [2.75, 3.05) is 0 Å². The molecule has 3 fully saturated rings. The number of fused-ring (bicyclic) bond motifs is 3. The molecule has 2 saturated carbocycles. The number of rotatable bonds is 2. The summed E-state index contributed by atoms with van der Waals surface area (Å²) in [6.07, 6.45) is 8.08. The number of aromatic hydroxyl groups is 1. The molecule has 1 aromatic carbocycles. The summed E-state index contributed by atoms with van der Waals surface area (Å²) in [7, 11) is 0. The molecule has 0 unspecified atom stereocenters. The average molecular weight is 308 g/mol. The summed E-state index contributed by atoms with van der Waals surface area (Å²) < 4.78 is 0. The molecule has 1 spiro atoms. The van der Waals surface area contributed by atoms with Crippen LogP contribution in [0, 0.1) is 29.1 Å². The van der Waals surface area contributed by atoms with Crippen LogP contribution in [0.1, 0.15) is 18.4 Å². The summed E-state index contributed by atoms with van der Waals surface area (Å²) in [6, 6.07) is 6.47. The molecule has 5 nitrogen and oxygen atoms in total.